The highest BCUT2D eigenvalue weighted by Gasteiger charge is 1.98. The van der Waals surface area contributed by atoms with Crippen LogP contribution in [0, 0.1) is 0 Å². The topological polar surface area (TPSA) is 38.3 Å². The third kappa shape index (κ3) is 3.26. The van der Waals surface area contributed by atoms with Crippen molar-refractivity contribution in [2.24, 2.45) is 0 Å². The molecule has 0 saturated heterocycles. The molecule has 0 fully saturated rings. The number of benzene rings is 1. The van der Waals surface area contributed by atoms with E-state index in [1.165, 1.54) is 7.05 Å². The summed E-state index contributed by atoms with van der Waals surface area (Å²) in [6.45, 7) is 0.280. The predicted octanol–water partition coefficient (Wildman–Crippen LogP) is 2.28. The minimum Gasteiger partial charge on any atom is -0.445 e. The molecule has 0 aromatic heterocycles. The molecule has 14 heavy (non-hydrogen) atoms. The van der Waals surface area contributed by atoms with Gasteiger partial charge < -0.3 is 10.1 Å². The summed E-state index contributed by atoms with van der Waals surface area (Å²) in [4.78, 5) is 10.8. The monoisotopic (exact) mass is 213 g/mol. The predicted molar refractivity (Wildman–Crippen MR) is 55.2 cm³/mol. The van der Waals surface area contributed by atoms with Gasteiger partial charge in [-0.3, -0.25) is 0 Å². The highest BCUT2D eigenvalue weighted by atomic mass is 35.5. The van der Waals surface area contributed by atoms with Crippen LogP contribution in [-0.2, 0) is 17.2 Å². The van der Waals surface area contributed by atoms with Gasteiger partial charge in [0.15, 0.2) is 0 Å². The van der Waals surface area contributed by atoms with Gasteiger partial charge in [0, 0.05) is 12.9 Å². The molecule has 1 amide bonds. The Labute approximate surface area is 88.0 Å². The fraction of sp³-hybridized carbons (Fsp3) is 0.300. The Balaban J connectivity index is 2.47. The highest BCUT2D eigenvalue weighted by Crippen LogP contribution is 2.07. The molecule has 3 nitrogen and oxygen atoms in total. The van der Waals surface area contributed by atoms with Crippen molar-refractivity contribution in [3.63, 3.8) is 0 Å². The van der Waals surface area contributed by atoms with Gasteiger partial charge in [-0.2, -0.15) is 0 Å². The summed E-state index contributed by atoms with van der Waals surface area (Å²) in [5.74, 6) is 0.497. The zero-order valence-corrected chi connectivity index (χ0v) is 8.67. The Morgan fingerprint density at radius 1 is 1.36 bits per heavy atom. The van der Waals surface area contributed by atoms with Gasteiger partial charge in [-0.1, -0.05) is 24.3 Å². The van der Waals surface area contributed by atoms with Crippen LogP contribution >= 0.6 is 11.6 Å². The molecular formula is C10H12ClNO2. The molecule has 0 radical (unpaired) electrons. The number of alkyl halides is 1. The maximum Gasteiger partial charge on any atom is 0.407 e. The zero-order valence-electron chi connectivity index (χ0n) is 7.92. The number of carbonyl (C=O) groups is 1. The second-order valence-electron chi connectivity index (χ2n) is 2.78. The van der Waals surface area contributed by atoms with Crippen LogP contribution in [0.5, 0.6) is 0 Å². The molecule has 76 valence electrons. The first-order chi connectivity index (χ1) is 6.76. The van der Waals surface area contributed by atoms with Crippen LogP contribution in [0.4, 0.5) is 4.79 Å². The van der Waals surface area contributed by atoms with Crippen LogP contribution in [0.2, 0.25) is 0 Å². The van der Waals surface area contributed by atoms with Gasteiger partial charge in [-0.25, -0.2) is 4.79 Å². The number of nitrogens with one attached hydrogen (secondary N) is 1. The lowest BCUT2D eigenvalue weighted by atomic mass is 10.2. The maximum absolute atomic E-state index is 10.8. The summed E-state index contributed by atoms with van der Waals surface area (Å²) in [7, 11) is 1.53. The zero-order chi connectivity index (χ0) is 10.4. The third-order valence-corrected chi connectivity index (χ3v) is 2.06. The van der Waals surface area contributed by atoms with Crippen molar-refractivity contribution in [3.8, 4) is 0 Å². The van der Waals surface area contributed by atoms with Crippen LogP contribution in [0.15, 0.2) is 24.3 Å². The Kier molecular flexibility index (Phi) is 4.26. The molecule has 0 atom stereocenters. The fourth-order valence-corrected chi connectivity index (χ4v) is 1.12. The highest BCUT2D eigenvalue weighted by molar-refractivity contribution is 6.17. The van der Waals surface area contributed by atoms with Gasteiger partial charge in [0.25, 0.3) is 0 Å². The molecule has 1 N–H and O–H groups in total. The van der Waals surface area contributed by atoms with Crippen LogP contribution in [0.25, 0.3) is 0 Å². The van der Waals surface area contributed by atoms with Gasteiger partial charge in [-0.15, -0.1) is 11.6 Å². The van der Waals surface area contributed by atoms with Gasteiger partial charge in [-0.05, 0) is 11.1 Å². The Bertz CT molecular complexity index is 297. The van der Waals surface area contributed by atoms with Crippen molar-refractivity contribution >= 4 is 17.7 Å². The number of carbonyl (C=O) groups excluding carboxylic acids is 1. The van der Waals surface area contributed by atoms with E-state index in [1.807, 2.05) is 24.3 Å². The molecule has 0 aliphatic heterocycles. The van der Waals surface area contributed by atoms with E-state index in [9.17, 15) is 4.79 Å². The summed E-state index contributed by atoms with van der Waals surface area (Å²) >= 11 is 5.63. The number of amides is 1. The molecule has 0 saturated carbocycles. The number of hydrogen-bond donors (Lipinski definition) is 1. The minimum absolute atomic E-state index is 0.280. The third-order valence-electron chi connectivity index (χ3n) is 1.75. The standard InChI is InChI=1S/C10H12ClNO2/c1-12-10(13)14-7-9-4-2-8(6-11)3-5-9/h2-5H,6-7H2,1H3,(H,12,13). The number of ether oxygens (including phenoxy) is 1. The fourth-order valence-electron chi connectivity index (χ4n) is 0.946. The number of halogens is 1. The lowest BCUT2D eigenvalue weighted by Crippen LogP contribution is -2.18. The number of hydrogen-bond acceptors (Lipinski definition) is 2. The van der Waals surface area contributed by atoms with E-state index in [4.69, 9.17) is 16.3 Å². The van der Waals surface area contributed by atoms with E-state index < -0.39 is 6.09 Å². The number of alkyl carbamates (subject to hydrolysis) is 1. The summed E-state index contributed by atoms with van der Waals surface area (Å²) < 4.78 is 4.87. The van der Waals surface area contributed by atoms with Crippen LogP contribution in [0.3, 0.4) is 0 Å². The molecule has 1 aromatic rings. The second-order valence-corrected chi connectivity index (χ2v) is 3.04. The Morgan fingerprint density at radius 2 is 1.93 bits per heavy atom. The van der Waals surface area contributed by atoms with Crippen molar-refractivity contribution < 1.29 is 9.53 Å². The average Bonchev–Trinajstić information content (AvgIpc) is 2.26. The summed E-state index contributed by atoms with van der Waals surface area (Å²) in [6, 6.07) is 7.60. The van der Waals surface area contributed by atoms with Gasteiger partial charge in [0.2, 0.25) is 0 Å². The molecule has 4 heteroatoms. The van der Waals surface area contributed by atoms with Gasteiger partial charge in [0.05, 0.1) is 0 Å². The lowest BCUT2D eigenvalue weighted by molar-refractivity contribution is 0.142. The molecule has 0 aliphatic carbocycles. The first kappa shape index (κ1) is 10.9. The SMILES string of the molecule is CNC(=O)OCc1ccc(CCl)cc1. The smallest absolute Gasteiger partial charge is 0.407 e. The first-order valence-corrected chi connectivity index (χ1v) is 4.78. The van der Waals surface area contributed by atoms with Gasteiger partial charge >= 0.3 is 6.09 Å². The second kappa shape index (κ2) is 5.50. The molecule has 0 aliphatic rings. The van der Waals surface area contributed by atoms with E-state index in [2.05, 4.69) is 5.32 Å². The minimum atomic E-state index is -0.425. The Morgan fingerprint density at radius 3 is 2.43 bits per heavy atom. The van der Waals surface area contributed by atoms with Crippen molar-refractivity contribution in [3.05, 3.63) is 35.4 Å². The largest absolute Gasteiger partial charge is 0.445 e. The summed E-state index contributed by atoms with van der Waals surface area (Å²) in [6.07, 6.45) is -0.425. The van der Waals surface area contributed by atoms with Crippen molar-refractivity contribution in [2.45, 2.75) is 12.5 Å². The first-order valence-electron chi connectivity index (χ1n) is 4.24. The molecular weight excluding hydrogens is 202 g/mol. The molecule has 1 aromatic carbocycles. The molecule has 1 rings (SSSR count). The number of rotatable bonds is 3. The maximum atomic E-state index is 10.8. The quantitative estimate of drug-likeness (QED) is 0.783. The van der Waals surface area contributed by atoms with E-state index in [1.54, 1.807) is 0 Å². The van der Waals surface area contributed by atoms with Crippen molar-refractivity contribution in [1.29, 1.82) is 0 Å². The van der Waals surface area contributed by atoms with E-state index >= 15 is 0 Å². The molecule has 0 spiro atoms. The normalized spacial score (nSPS) is 9.57. The van der Waals surface area contributed by atoms with E-state index in [0.29, 0.717) is 5.88 Å². The van der Waals surface area contributed by atoms with E-state index in [-0.39, 0.29) is 6.61 Å². The molecule has 0 heterocycles. The van der Waals surface area contributed by atoms with Crippen molar-refractivity contribution in [2.75, 3.05) is 7.05 Å². The summed E-state index contributed by atoms with van der Waals surface area (Å²) in [5, 5.41) is 2.38. The van der Waals surface area contributed by atoms with Gasteiger partial charge in [0.1, 0.15) is 6.61 Å². The molecule has 0 bridgehead atoms. The lowest BCUT2D eigenvalue weighted by Gasteiger charge is -2.04. The summed E-state index contributed by atoms with van der Waals surface area (Å²) in [5.41, 5.74) is 2.00. The van der Waals surface area contributed by atoms with Crippen LogP contribution in [0.1, 0.15) is 11.1 Å². The van der Waals surface area contributed by atoms with Crippen LogP contribution in [-0.4, -0.2) is 13.1 Å². The van der Waals surface area contributed by atoms with E-state index in [0.717, 1.165) is 11.1 Å². The Hall–Kier alpha value is -1.22. The van der Waals surface area contributed by atoms with Crippen LogP contribution < -0.4 is 5.32 Å². The molecule has 0 unspecified atom stereocenters. The average molecular weight is 214 g/mol. The van der Waals surface area contributed by atoms with Crippen molar-refractivity contribution in [1.82, 2.24) is 5.32 Å².